The number of rotatable bonds is 4. The van der Waals surface area contributed by atoms with E-state index in [2.05, 4.69) is 4.72 Å². The lowest BCUT2D eigenvalue weighted by molar-refractivity contribution is -0.138. The predicted octanol–water partition coefficient (Wildman–Crippen LogP) is -0.372. The second-order valence-corrected chi connectivity index (χ2v) is 6.45. The SMILES string of the molecule is CC(NS(=O)(=O)c1ccc2c(c1)n(C)c(=O)n2C)C(=O)O. The van der Waals surface area contributed by atoms with Crippen LogP contribution in [0.15, 0.2) is 27.9 Å². The highest BCUT2D eigenvalue weighted by Crippen LogP contribution is 2.17. The number of aromatic nitrogens is 2. The lowest BCUT2D eigenvalue weighted by atomic mass is 10.3. The Kier molecular flexibility index (Phi) is 3.64. The van der Waals surface area contributed by atoms with Gasteiger partial charge in [0.05, 0.1) is 15.9 Å². The van der Waals surface area contributed by atoms with Gasteiger partial charge in [-0.1, -0.05) is 0 Å². The van der Waals surface area contributed by atoms with Gasteiger partial charge in [0.1, 0.15) is 6.04 Å². The van der Waals surface area contributed by atoms with Crippen molar-refractivity contribution in [1.29, 1.82) is 0 Å². The van der Waals surface area contributed by atoms with Gasteiger partial charge in [-0.05, 0) is 25.1 Å². The van der Waals surface area contributed by atoms with Gasteiger partial charge >= 0.3 is 11.7 Å². The van der Waals surface area contributed by atoms with Crippen LogP contribution in [-0.4, -0.2) is 34.7 Å². The number of hydrogen-bond donors (Lipinski definition) is 2. The standard InChI is InChI=1S/C12H15N3O5S/c1-7(11(16)17)13-21(19,20)8-4-5-9-10(6-8)15(3)12(18)14(9)2/h4-7,13H,1-3H3,(H,16,17). The third-order valence-corrected chi connectivity index (χ3v) is 4.79. The van der Waals surface area contributed by atoms with Crippen LogP contribution >= 0.6 is 0 Å². The van der Waals surface area contributed by atoms with Gasteiger partial charge < -0.3 is 5.11 Å². The van der Waals surface area contributed by atoms with Gasteiger partial charge in [-0.15, -0.1) is 0 Å². The van der Waals surface area contributed by atoms with Crippen LogP contribution in [0.5, 0.6) is 0 Å². The molecule has 0 aliphatic rings. The molecular weight excluding hydrogens is 298 g/mol. The fourth-order valence-electron chi connectivity index (χ4n) is 2.00. The maximum Gasteiger partial charge on any atom is 0.328 e. The van der Waals surface area contributed by atoms with Crippen molar-refractivity contribution < 1.29 is 18.3 Å². The molecule has 1 heterocycles. The summed E-state index contributed by atoms with van der Waals surface area (Å²) >= 11 is 0. The van der Waals surface area contributed by atoms with E-state index in [9.17, 15) is 18.0 Å². The number of aliphatic carboxylic acids is 1. The van der Waals surface area contributed by atoms with E-state index < -0.39 is 22.0 Å². The van der Waals surface area contributed by atoms with Crippen molar-refractivity contribution in [3.63, 3.8) is 0 Å². The van der Waals surface area contributed by atoms with Gasteiger partial charge in [-0.25, -0.2) is 13.2 Å². The molecule has 1 atom stereocenters. The summed E-state index contributed by atoms with van der Waals surface area (Å²) in [6, 6.07) is 2.94. The third kappa shape index (κ3) is 2.57. The Labute approximate surface area is 120 Å². The largest absolute Gasteiger partial charge is 0.480 e. The van der Waals surface area contributed by atoms with E-state index in [4.69, 9.17) is 5.11 Å². The molecule has 0 spiro atoms. The number of benzene rings is 1. The first-order chi connectivity index (χ1) is 9.65. The lowest BCUT2D eigenvalue weighted by Gasteiger charge is -2.10. The van der Waals surface area contributed by atoms with Crippen LogP contribution in [0.25, 0.3) is 11.0 Å². The van der Waals surface area contributed by atoms with Gasteiger partial charge in [0.2, 0.25) is 10.0 Å². The number of aryl methyl sites for hydroxylation is 2. The van der Waals surface area contributed by atoms with E-state index in [1.807, 2.05) is 0 Å². The molecule has 2 aromatic rings. The third-order valence-electron chi connectivity index (χ3n) is 3.26. The van der Waals surface area contributed by atoms with Crippen molar-refractivity contribution in [3.8, 4) is 0 Å². The van der Waals surface area contributed by atoms with E-state index in [0.717, 1.165) is 0 Å². The molecule has 9 heteroatoms. The molecule has 0 saturated heterocycles. The van der Waals surface area contributed by atoms with Gasteiger partial charge in [-0.3, -0.25) is 13.9 Å². The van der Waals surface area contributed by atoms with Crippen molar-refractivity contribution in [3.05, 3.63) is 28.7 Å². The van der Waals surface area contributed by atoms with Crippen LogP contribution in [-0.2, 0) is 28.9 Å². The van der Waals surface area contributed by atoms with Crippen LogP contribution in [0.2, 0.25) is 0 Å². The Morgan fingerprint density at radius 3 is 2.38 bits per heavy atom. The molecule has 8 nitrogen and oxygen atoms in total. The number of sulfonamides is 1. The minimum absolute atomic E-state index is 0.0932. The molecule has 0 aliphatic carbocycles. The number of hydrogen-bond acceptors (Lipinski definition) is 4. The fraction of sp³-hybridized carbons (Fsp3) is 0.333. The average molecular weight is 313 g/mol. The maximum atomic E-state index is 12.1. The van der Waals surface area contributed by atoms with E-state index in [1.54, 1.807) is 7.05 Å². The Hall–Kier alpha value is -2.13. The summed E-state index contributed by atoms with van der Waals surface area (Å²) in [4.78, 5) is 22.5. The smallest absolute Gasteiger partial charge is 0.328 e. The van der Waals surface area contributed by atoms with Crippen LogP contribution < -0.4 is 10.4 Å². The summed E-state index contributed by atoms with van der Waals surface area (Å²) in [6.07, 6.45) is 0. The summed E-state index contributed by atoms with van der Waals surface area (Å²) in [7, 11) is -0.849. The topological polar surface area (TPSA) is 110 Å². The number of imidazole rings is 1. The number of carboxylic acid groups (broad SMARTS) is 1. The zero-order valence-corrected chi connectivity index (χ0v) is 12.5. The molecule has 1 unspecified atom stereocenters. The summed E-state index contributed by atoms with van der Waals surface area (Å²) in [6.45, 7) is 1.23. The highest BCUT2D eigenvalue weighted by Gasteiger charge is 2.22. The first-order valence-corrected chi connectivity index (χ1v) is 7.54. The molecule has 0 fully saturated rings. The Balaban J connectivity index is 2.55. The van der Waals surface area contributed by atoms with Crippen LogP contribution in [0, 0.1) is 0 Å². The second kappa shape index (κ2) is 5.01. The first-order valence-electron chi connectivity index (χ1n) is 6.06. The van der Waals surface area contributed by atoms with E-state index in [-0.39, 0.29) is 10.6 Å². The Morgan fingerprint density at radius 2 is 1.81 bits per heavy atom. The molecule has 0 radical (unpaired) electrons. The minimum atomic E-state index is -3.97. The van der Waals surface area contributed by atoms with Crippen LogP contribution in [0.3, 0.4) is 0 Å². The number of fused-ring (bicyclic) bond motifs is 1. The van der Waals surface area contributed by atoms with Crippen LogP contribution in [0.4, 0.5) is 0 Å². The highest BCUT2D eigenvalue weighted by atomic mass is 32.2. The zero-order chi connectivity index (χ0) is 15.9. The highest BCUT2D eigenvalue weighted by molar-refractivity contribution is 7.89. The van der Waals surface area contributed by atoms with Crippen molar-refractivity contribution in [2.24, 2.45) is 14.1 Å². The summed E-state index contributed by atoms with van der Waals surface area (Å²) in [5.74, 6) is -1.27. The summed E-state index contributed by atoms with van der Waals surface area (Å²) in [5.41, 5.74) is 0.771. The second-order valence-electron chi connectivity index (χ2n) is 4.73. The quantitative estimate of drug-likeness (QED) is 0.800. The number of carbonyl (C=O) groups is 1. The van der Waals surface area contributed by atoms with Gasteiger partial charge in [-0.2, -0.15) is 4.72 Å². The van der Waals surface area contributed by atoms with Gasteiger partial charge in [0, 0.05) is 14.1 Å². The first kappa shape index (κ1) is 15.3. The Bertz CT molecular complexity index is 878. The molecule has 1 aromatic carbocycles. The molecule has 1 aromatic heterocycles. The molecule has 0 bridgehead atoms. The molecule has 21 heavy (non-hydrogen) atoms. The Morgan fingerprint density at radius 1 is 1.24 bits per heavy atom. The molecule has 2 N–H and O–H groups in total. The molecular formula is C12H15N3O5S. The predicted molar refractivity (Wildman–Crippen MR) is 75.6 cm³/mol. The van der Waals surface area contributed by atoms with Crippen molar-refractivity contribution in [2.45, 2.75) is 17.9 Å². The van der Waals surface area contributed by atoms with Crippen molar-refractivity contribution >= 4 is 27.0 Å². The molecule has 2 rings (SSSR count). The molecule has 0 aliphatic heterocycles. The average Bonchev–Trinajstić information content (AvgIpc) is 2.63. The maximum absolute atomic E-state index is 12.1. The van der Waals surface area contributed by atoms with Gasteiger partial charge in [0.15, 0.2) is 0 Å². The number of nitrogens with zero attached hydrogens (tertiary/aromatic N) is 2. The lowest BCUT2D eigenvalue weighted by Crippen LogP contribution is -2.38. The summed E-state index contributed by atoms with van der Waals surface area (Å²) < 4.78 is 29.0. The van der Waals surface area contributed by atoms with Crippen LogP contribution in [0.1, 0.15) is 6.92 Å². The van der Waals surface area contributed by atoms with E-state index in [0.29, 0.717) is 11.0 Å². The van der Waals surface area contributed by atoms with Crippen molar-refractivity contribution in [1.82, 2.24) is 13.9 Å². The van der Waals surface area contributed by atoms with Crippen molar-refractivity contribution in [2.75, 3.05) is 0 Å². The fourth-order valence-corrected chi connectivity index (χ4v) is 3.22. The van der Waals surface area contributed by atoms with E-state index in [1.165, 1.54) is 41.3 Å². The molecule has 0 saturated carbocycles. The molecule has 114 valence electrons. The van der Waals surface area contributed by atoms with Gasteiger partial charge in [0.25, 0.3) is 0 Å². The number of nitrogens with one attached hydrogen (secondary N) is 1. The minimum Gasteiger partial charge on any atom is -0.480 e. The van der Waals surface area contributed by atoms with E-state index >= 15 is 0 Å². The normalized spacial score (nSPS) is 13.5. The monoisotopic (exact) mass is 313 g/mol. The molecule has 0 amide bonds. The number of carboxylic acids is 1. The zero-order valence-electron chi connectivity index (χ0n) is 11.7. The summed E-state index contributed by atoms with van der Waals surface area (Å²) in [5, 5.41) is 8.77.